The van der Waals surface area contributed by atoms with Crippen molar-refractivity contribution in [1.82, 2.24) is 14.8 Å². The minimum Gasteiger partial charge on any atom is -0.321 e. The molecule has 0 aliphatic rings. The van der Waals surface area contributed by atoms with Gasteiger partial charge in [-0.25, -0.2) is 8.78 Å². The molecule has 2 aromatic heterocycles. The molecule has 0 spiro atoms. The number of carbonyl (C=O) groups is 1. The topological polar surface area (TPSA) is 59.8 Å². The first-order chi connectivity index (χ1) is 12.0. The van der Waals surface area contributed by atoms with Gasteiger partial charge >= 0.3 is 0 Å². The first-order valence-corrected chi connectivity index (χ1v) is 7.67. The summed E-state index contributed by atoms with van der Waals surface area (Å²) < 4.78 is 27.3. The van der Waals surface area contributed by atoms with Gasteiger partial charge in [0.05, 0.1) is 22.0 Å². The van der Waals surface area contributed by atoms with Crippen molar-refractivity contribution in [3.63, 3.8) is 0 Å². The monoisotopic (exact) mass is 362 g/mol. The first-order valence-electron chi connectivity index (χ1n) is 7.29. The number of halogens is 3. The number of alkyl halides is 2. The molecular weight excluding hydrogens is 350 g/mol. The molecule has 1 aromatic carbocycles. The molecule has 25 heavy (non-hydrogen) atoms. The van der Waals surface area contributed by atoms with Crippen LogP contribution in [0.2, 0.25) is 5.02 Å². The Morgan fingerprint density at radius 2 is 2.00 bits per heavy atom. The third-order valence-corrected chi connectivity index (χ3v) is 3.71. The maximum atomic E-state index is 13.0. The van der Waals surface area contributed by atoms with E-state index in [1.807, 2.05) is 0 Å². The summed E-state index contributed by atoms with van der Waals surface area (Å²) in [5.41, 5.74) is 0.973. The van der Waals surface area contributed by atoms with Crippen LogP contribution < -0.4 is 5.32 Å². The molecule has 1 amide bonds. The fourth-order valence-corrected chi connectivity index (χ4v) is 2.49. The van der Waals surface area contributed by atoms with Crippen LogP contribution in [0, 0.1) is 0 Å². The van der Waals surface area contributed by atoms with Crippen LogP contribution in [-0.4, -0.2) is 20.7 Å². The molecule has 0 unspecified atom stereocenters. The molecule has 1 N–H and O–H groups in total. The van der Waals surface area contributed by atoms with Gasteiger partial charge < -0.3 is 5.32 Å². The van der Waals surface area contributed by atoms with Crippen molar-refractivity contribution >= 4 is 23.2 Å². The number of hydrogen-bond donors (Lipinski definition) is 1. The fourth-order valence-electron chi connectivity index (χ4n) is 2.38. The molecule has 3 rings (SSSR count). The number of nitrogens with one attached hydrogen (secondary N) is 1. The van der Waals surface area contributed by atoms with Crippen LogP contribution in [0.25, 0.3) is 11.3 Å². The Morgan fingerprint density at radius 3 is 2.68 bits per heavy atom. The lowest BCUT2D eigenvalue weighted by atomic mass is 10.1. The van der Waals surface area contributed by atoms with Crippen molar-refractivity contribution in [3.8, 4) is 11.3 Å². The lowest BCUT2D eigenvalue weighted by molar-refractivity contribution is 0.101. The van der Waals surface area contributed by atoms with Gasteiger partial charge in [-0.05, 0) is 18.2 Å². The van der Waals surface area contributed by atoms with E-state index in [0.29, 0.717) is 22.0 Å². The zero-order chi connectivity index (χ0) is 18.0. The third-order valence-electron chi connectivity index (χ3n) is 3.49. The quantitative estimate of drug-likeness (QED) is 0.751. The molecule has 0 bridgehead atoms. The summed E-state index contributed by atoms with van der Waals surface area (Å²) in [4.78, 5) is 16.7. The minimum atomic E-state index is -2.84. The largest absolute Gasteiger partial charge is 0.321 e. The molecular formula is C17H13ClF2N4O. The summed E-state index contributed by atoms with van der Waals surface area (Å²) in [5.74, 6) is -0.662. The number of benzene rings is 1. The molecule has 0 aliphatic heterocycles. The highest BCUT2D eigenvalue weighted by molar-refractivity contribution is 6.30. The van der Waals surface area contributed by atoms with E-state index < -0.39 is 18.0 Å². The summed E-state index contributed by atoms with van der Waals surface area (Å²) >= 11 is 5.84. The van der Waals surface area contributed by atoms with Crippen LogP contribution >= 0.6 is 11.6 Å². The van der Waals surface area contributed by atoms with E-state index in [1.54, 1.807) is 36.4 Å². The number of pyridine rings is 1. The van der Waals surface area contributed by atoms with E-state index in [2.05, 4.69) is 15.4 Å². The van der Waals surface area contributed by atoms with Gasteiger partial charge in [-0.15, -0.1) is 0 Å². The van der Waals surface area contributed by atoms with Gasteiger partial charge in [-0.2, -0.15) is 5.10 Å². The Morgan fingerprint density at radius 1 is 1.24 bits per heavy atom. The molecule has 2 heterocycles. The highest BCUT2D eigenvalue weighted by Crippen LogP contribution is 2.28. The smallest absolute Gasteiger partial charge is 0.282 e. The Kier molecular flexibility index (Phi) is 4.76. The SMILES string of the molecule is Cn1cc(C(=O)Nc2ccccc2-c2ccc(Cl)cn2)c(C(F)F)n1. The van der Waals surface area contributed by atoms with Gasteiger partial charge in [0.15, 0.2) is 0 Å². The molecule has 0 radical (unpaired) electrons. The standard InChI is InChI=1S/C17H13ClF2N4O/c1-24-9-12(15(23-24)16(19)20)17(25)22-14-5-3-2-4-11(14)13-7-6-10(18)8-21-13/h2-9,16H,1H3,(H,22,25). The van der Waals surface area contributed by atoms with Crippen molar-refractivity contribution in [1.29, 1.82) is 0 Å². The minimum absolute atomic E-state index is 0.170. The predicted octanol–water partition coefficient (Wildman–Crippen LogP) is 4.33. The second kappa shape index (κ2) is 6.98. The second-order valence-electron chi connectivity index (χ2n) is 5.26. The summed E-state index contributed by atoms with van der Waals surface area (Å²) in [5, 5.41) is 6.78. The molecule has 5 nitrogen and oxygen atoms in total. The molecule has 3 aromatic rings. The maximum absolute atomic E-state index is 13.0. The molecule has 0 saturated carbocycles. The van der Waals surface area contributed by atoms with Gasteiger partial charge in [-0.3, -0.25) is 14.5 Å². The maximum Gasteiger partial charge on any atom is 0.282 e. The number of anilines is 1. The van der Waals surface area contributed by atoms with Gasteiger partial charge in [0, 0.05) is 25.0 Å². The summed E-state index contributed by atoms with van der Waals surface area (Å²) in [6.45, 7) is 0. The molecule has 0 fully saturated rings. The average molecular weight is 363 g/mol. The lowest BCUT2D eigenvalue weighted by Crippen LogP contribution is -2.14. The van der Waals surface area contributed by atoms with E-state index in [1.165, 1.54) is 24.1 Å². The van der Waals surface area contributed by atoms with E-state index in [4.69, 9.17) is 11.6 Å². The zero-order valence-corrected chi connectivity index (χ0v) is 13.8. The van der Waals surface area contributed by atoms with Crippen LogP contribution in [0.15, 0.2) is 48.8 Å². The lowest BCUT2D eigenvalue weighted by Gasteiger charge is -2.10. The second-order valence-corrected chi connectivity index (χ2v) is 5.70. The van der Waals surface area contributed by atoms with Crippen molar-refractivity contribution < 1.29 is 13.6 Å². The van der Waals surface area contributed by atoms with Crippen molar-refractivity contribution in [2.24, 2.45) is 7.05 Å². The van der Waals surface area contributed by atoms with Gasteiger partial charge in [-0.1, -0.05) is 29.8 Å². The molecule has 128 valence electrons. The third kappa shape index (κ3) is 3.66. The van der Waals surface area contributed by atoms with Crippen LogP contribution in [0.4, 0.5) is 14.5 Å². The normalized spacial score (nSPS) is 10.9. The number of amides is 1. The number of aromatic nitrogens is 3. The first kappa shape index (κ1) is 17.0. The van der Waals surface area contributed by atoms with Crippen LogP contribution in [-0.2, 0) is 7.05 Å². The molecule has 0 aliphatic carbocycles. The van der Waals surface area contributed by atoms with E-state index in [-0.39, 0.29) is 5.56 Å². The summed E-state index contributed by atoms with van der Waals surface area (Å²) in [6.07, 6.45) is -0.0824. The molecule has 8 heteroatoms. The Hall–Kier alpha value is -2.80. The molecule has 0 saturated heterocycles. The van der Waals surface area contributed by atoms with Crippen LogP contribution in [0.1, 0.15) is 22.5 Å². The van der Waals surface area contributed by atoms with Gasteiger partial charge in [0.2, 0.25) is 0 Å². The fraction of sp³-hybridized carbons (Fsp3) is 0.118. The van der Waals surface area contributed by atoms with Crippen molar-refractivity contribution in [2.75, 3.05) is 5.32 Å². The van der Waals surface area contributed by atoms with E-state index in [0.717, 1.165) is 0 Å². The summed E-state index contributed by atoms with van der Waals surface area (Å²) in [7, 11) is 1.48. The number of rotatable bonds is 4. The highest BCUT2D eigenvalue weighted by Gasteiger charge is 2.23. The Labute approximate surface area is 147 Å². The van der Waals surface area contributed by atoms with E-state index >= 15 is 0 Å². The summed E-state index contributed by atoms with van der Waals surface area (Å²) in [6, 6.07) is 10.3. The van der Waals surface area contributed by atoms with Gasteiger partial charge in [0.25, 0.3) is 12.3 Å². The number of carbonyl (C=O) groups excluding carboxylic acids is 1. The Balaban J connectivity index is 1.94. The number of para-hydroxylation sites is 1. The van der Waals surface area contributed by atoms with E-state index in [9.17, 15) is 13.6 Å². The predicted molar refractivity (Wildman–Crippen MR) is 90.8 cm³/mol. The number of hydrogen-bond acceptors (Lipinski definition) is 3. The van der Waals surface area contributed by atoms with Crippen molar-refractivity contribution in [3.05, 3.63) is 65.1 Å². The average Bonchev–Trinajstić information content (AvgIpc) is 2.99. The molecule has 0 atom stereocenters. The van der Waals surface area contributed by atoms with Crippen LogP contribution in [0.3, 0.4) is 0 Å². The number of aryl methyl sites for hydroxylation is 1. The zero-order valence-electron chi connectivity index (χ0n) is 13.1. The Bertz CT molecular complexity index is 909. The number of nitrogens with zero attached hydrogens (tertiary/aromatic N) is 3. The van der Waals surface area contributed by atoms with Crippen molar-refractivity contribution in [2.45, 2.75) is 6.43 Å². The highest BCUT2D eigenvalue weighted by atomic mass is 35.5. The van der Waals surface area contributed by atoms with Crippen LogP contribution in [0.5, 0.6) is 0 Å². The van der Waals surface area contributed by atoms with Gasteiger partial charge in [0.1, 0.15) is 5.69 Å².